The number of hydrogen-bond acceptors (Lipinski definition) is 3. The first-order chi connectivity index (χ1) is 10.7. The summed E-state index contributed by atoms with van der Waals surface area (Å²) >= 11 is 0. The minimum absolute atomic E-state index is 0.0398. The standard InChI is InChI=1S/C16H21N3O2S/c20-16(19-22(21)12-8-17-9-12)18-15-13-5-1-3-10(13)7-11-4-2-6-14(11)15/h7,12,17H,1-6,8-9H2,(H2,18,19,20). The Morgan fingerprint density at radius 1 is 1.09 bits per heavy atom. The normalized spacial score (nSPS) is 20.9. The predicted molar refractivity (Wildman–Crippen MR) is 87.4 cm³/mol. The second-order valence-electron chi connectivity index (χ2n) is 6.37. The van der Waals surface area contributed by atoms with Crippen molar-refractivity contribution in [2.75, 3.05) is 18.4 Å². The van der Waals surface area contributed by atoms with E-state index in [1.807, 2.05) is 0 Å². The average Bonchev–Trinajstić information content (AvgIpc) is 3.03. The Balaban J connectivity index is 1.55. The topological polar surface area (TPSA) is 70.2 Å². The van der Waals surface area contributed by atoms with Crippen LogP contribution >= 0.6 is 0 Å². The first-order valence-electron chi connectivity index (χ1n) is 8.08. The van der Waals surface area contributed by atoms with Crippen LogP contribution in [-0.4, -0.2) is 28.6 Å². The second-order valence-corrected chi connectivity index (χ2v) is 7.83. The molecule has 3 N–H and O–H groups in total. The molecule has 3 aliphatic rings. The monoisotopic (exact) mass is 319 g/mol. The van der Waals surface area contributed by atoms with Gasteiger partial charge in [0.1, 0.15) is 11.0 Å². The van der Waals surface area contributed by atoms with Gasteiger partial charge in [0.2, 0.25) is 0 Å². The van der Waals surface area contributed by atoms with Crippen LogP contribution in [0, 0.1) is 0 Å². The molecule has 1 aromatic rings. The van der Waals surface area contributed by atoms with Crippen LogP contribution in [0.2, 0.25) is 0 Å². The van der Waals surface area contributed by atoms with E-state index < -0.39 is 11.0 Å². The van der Waals surface area contributed by atoms with Gasteiger partial charge in [-0.25, -0.2) is 9.00 Å². The van der Waals surface area contributed by atoms with Crippen molar-refractivity contribution in [2.24, 2.45) is 0 Å². The van der Waals surface area contributed by atoms with Gasteiger partial charge in [-0.15, -0.1) is 0 Å². The third-order valence-corrected chi connectivity index (χ3v) is 6.28. The summed E-state index contributed by atoms with van der Waals surface area (Å²) in [6.07, 6.45) is 6.61. The molecule has 0 spiro atoms. The number of urea groups is 1. The molecule has 1 saturated heterocycles. The van der Waals surface area contributed by atoms with Crippen LogP contribution in [0.15, 0.2) is 6.07 Å². The fraction of sp³-hybridized carbons (Fsp3) is 0.562. The summed E-state index contributed by atoms with van der Waals surface area (Å²) in [5, 5.41) is 6.12. The quantitative estimate of drug-likeness (QED) is 0.789. The van der Waals surface area contributed by atoms with Crippen molar-refractivity contribution >= 4 is 22.7 Å². The number of fused-ring (bicyclic) bond motifs is 2. The van der Waals surface area contributed by atoms with Gasteiger partial charge in [-0.3, -0.25) is 4.72 Å². The summed E-state index contributed by atoms with van der Waals surface area (Å²) in [5.41, 5.74) is 6.38. The van der Waals surface area contributed by atoms with E-state index in [9.17, 15) is 9.00 Å². The van der Waals surface area contributed by atoms with Gasteiger partial charge in [0, 0.05) is 18.8 Å². The van der Waals surface area contributed by atoms with Crippen LogP contribution in [-0.2, 0) is 36.7 Å². The molecule has 1 heterocycles. The summed E-state index contributed by atoms with van der Waals surface area (Å²) in [6.45, 7) is 1.42. The van der Waals surface area contributed by atoms with Crippen molar-refractivity contribution in [3.8, 4) is 0 Å². The van der Waals surface area contributed by atoms with Gasteiger partial charge in [0.15, 0.2) is 0 Å². The maximum atomic E-state index is 12.2. The molecule has 4 rings (SSSR count). The largest absolute Gasteiger partial charge is 0.331 e. The highest BCUT2D eigenvalue weighted by molar-refractivity contribution is 7.84. The number of amides is 2. The Labute approximate surface area is 132 Å². The molecule has 1 fully saturated rings. The molecular weight excluding hydrogens is 298 g/mol. The molecule has 1 aromatic carbocycles. The number of anilines is 1. The summed E-state index contributed by atoms with van der Waals surface area (Å²) in [5.74, 6) is 0. The minimum atomic E-state index is -1.30. The summed E-state index contributed by atoms with van der Waals surface area (Å²) in [7, 11) is -1.30. The van der Waals surface area contributed by atoms with Gasteiger partial charge in [-0.05, 0) is 60.8 Å². The Morgan fingerprint density at radius 3 is 2.27 bits per heavy atom. The van der Waals surface area contributed by atoms with Crippen LogP contribution in [0.5, 0.6) is 0 Å². The Bertz CT molecular complexity index is 623. The van der Waals surface area contributed by atoms with E-state index in [4.69, 9.17) is 0 Å². The van der Waals surface area contributed by atoms with Crippen LogP contribution in [0.25, 0.3) is 0 Å². The zero-order valence-corrected chi connectivity index (χ0v) is 13.4. The van der Waals surface area contributed by atoms with Crippen molar-refractivity contribution in [3.05, 3.63) is 28.3 Å². The Morgan fingerprint density at radius 2 is 1.73 bits per heavy atom. The SMILES string of the molecule is O=C(Nc1c2c(cc3c1CCC3)CCC2)NS(=O)C1CNC1. The molecule has 0 aromatic heterocycles. The molecule has 118 valence electrons. The van der Waals surface area contributed by atoms with Crippen molar-refractivity contribution in [3.63, 3.8) is 0 Å². The lowest BCUT2D eigenvalue weighted by molar-refractivity contribution is 0.256. The van der Waals surface area contributed by atoms with Gasteiger partial charge in [0.05, 0.1) is 5.25 Å². The fourth-order valence-corrected chi connectivity index (χ4v) is 4.63. The van der Waals surface area contributed by atoms with E-state index >= 15 is 0 Å². The summed E-state index contributed by atoms with van der Waals surface area (Å²) in [6, 6.07) is 2.01. The molecule has 0 bridgehead atoms. The van der Waals surface area contributed by atoms with E-state index in [-0.39, 0.29) is 11.3 Å². The maximum absolute atomic E-state index is 12.2. The molecule has 5 nitrogen and oxygen atoms in total. The van der Waals surface area contributed by atoms with Crippen molar-refractivity contribution in [1.82, 2.24) is 10.0 Å². The minimum Gasteiger partial charge on any atom is -0.314 e. The van der Waals surface area contributed by atoms with E-state index in [1.165, 1.54) is 22.3 Å². The molecule has 1 unspecified atom stereocenters. The number of rotatable bonds is 3. The number of nitrogens with one attached hydrogen (secondary N) is 3. The molecule has 1 aliphatic heterocycles. The highest BCUT2D eigenvalue weighted by atomic mass is 32.2. The molecule has 2 aliphatic carbocycles. The lowest BCUT2D eigenvalue weighted by atomic mass is 9.99. The van der Waals surface area contributed by atoms with E-state index in [2.05, 4.69) is 21.4 Å². The van der Waals surface area contributed by atoms with Crippen LogP contribution in [0.4, 0.5) is 10.5 Å². The lowest BCUT2D eigenvalue weighted by Gasteiger charge is -2.26. The summed E-state index contributed by atoms with van der Waals surface area (Å²) < 4.78 is 14.6. The first kappa shape index (κ1) is 14.2. The molecule has 22 heavy (non-hydrogen) atoms. The molecule has 0 saturated carbocycles. The number of benzene rings is 1. The third-order valence-electron chi connectivity index (χ3n) is 4.95. The van der Waals surface area contributed by atoms with Gasteiger partial charge in [-0.2, -0.15) is 0 Å². The zero-order valence-electron chi connectivity index (χ0n) is 12.5. The van der Waals surface area contributed by atoms with Crippen molar-refractivity contribution in [2.45, 2.75) is 43.8 Å². The zero-order chi connectivity index (χ0) is 15.1. The molecule has 6 heteroatoms. The van der Waals surface area contributed by atoms with Crippen molar-refractivity contribution in [1.29, 1.82) is 0 Å². The lowest BCUT2D eigenvalue weighted by Crippen LogP contribution is -2.53. The van der Waals surface area contributed by atoms with Crippen LogP contribution in [0.1, 0.15) is 35.1 Å². The van der Waals surface area contributed by atoms with Gasteiger partial charge >= 0.3 is 6.03 Å². The molecule has 0 radical (unpaired) electrons. The van der Waals surface area contributed by atoms with E-state index in [0.717, 1.165) is 44.2 Å². The van der Waals surface area contributed by atoms with Gasteiger partial charge in [-0.1, -0.05) is 6.07 Å². The van der Waals surface area contributed by atoms with Gasteiger partial charge in [0.25, 0.3) is 0 Å². The molecule has 2 amide bonds. The number of carbonyl (C=O) groups excluding carboxylic acids is 1. The van der Waals surface area contributed by atoms with E-state index in [0.29, 0.717) is 13.1 Å². The Hall–Kier alpha value is -1.40. The maximum Gasteiger partial charge on any atom is 0.331 e. The highest BCUT2D eigenvalue weighted by Crippen LogP contribution is 2.38. The third kappa shape index (κ3) is 2.44. The van der Waals surface area contributed by atoms with Crippen LogP contribution < -0.4 is 15.4 Å². The molecule has 1 atom stereocenters. The van der Waals surface area contributed by atoms with E-state index in [1.54, 1.807) is 0 Å². The Kier molecular flexibility index (Phi) is 3.66. The van der Waals surface area contributed by atoms with Crippen LogP contribution in [0.3, 0.4) is 0 Å². The van der Waals surface area contributed by atoms with Crippen molar-refractivity contribution < 1.29 is 9.00 Å². The smallest absolute Gasteiger partial charge is 0.314 e. The van der Waals surface area contributed by atoms with Gasteiger partial charge < -0.3 is 10.6 Å². The molecular formula is C16H21N3O2S. The summed E-state index contributed by atoms with van der Waals surface area (Å²) in [4.78, 5) is 12.2. The number of aryl methyl sites for hydroxylation is 2. The first-order valence-corrected chi connectivity index (χ1v) is 9.29. The predicted octanol–water partition coefficient (Wildman–Crippen LogP) is 1.42. The highest BCUT2D eigenvalue weighted by Gasteiger charge is 2.27. The number of hydrogen-bond donors (Lipinski definition) is 3. The second kappa shape index (κ2) is 5.66. The average molecular weight is 319 g/mol. The number of carbonyl (C=O) groups is 1. The fourth-order valence-electron chi connectivity index (χ4n) is 3.69.